The van der Waals surface area contributed by atoms with Crippen LogP contribution in [0.25, 0.3) is 0 Å². The average Bonchev–Trinajstić information content (AvgIpc) is 2.90. The van der Waals surface area contributed by atoms with Crippen molar-refractivity contribution in [3.63, 3.8) is 0 Å². The van der Waals surface area contributed by atoms with Crippen LogP contribution in [0.4, 0.5) is 13.2 Å². The first-order valence-electron chi connectivity index (χ1n) is 8.71. The molecule has 1 amide bonds. The van der Waals surface area contributed by atoms with Crippen LogP contribution in [0.5, 0.6) is 0 Å². The van der Waals surface area contributed by atoms with Crippen molar-refractivity contribution >= 4 is 5.91 Å². The highest BCUT2D eigenvalue weighted by Gasteiger charge is 2.38. The SMILES string of the molecule is Cc1ccc(C2CCCC(C)N2C(=O)c2c(C(F)F)nn(C)c2F)cc1. The molecule has 2 aromatic rings. The van der Waals surface area contributed by atoms with Crippen molar-refractivity contribution in [2.75, 3.05) is 0 Å². The number of alkyl halides is 2. The lowest BCUT2D eigenvalue weighted by Crippen LogP contribution is -2.44. The van der Waals surface area contributed by atoms with Crippen LogP contribution >= 0.6 is 0 Å². The molecule has 2 unspecified atom stereocenters. The maximum atomic E-state index is 14.4. The van der Waals surface area contributed by atoms with Crippen LogP contribution in [0.1, 0.15) is 65.8 Å². The predicted octanol–water partition coefficient (Wildman–Crippen LogP) is 4.56. The van der Waals surface area contributed by atoms with Crippen LogP contribution in [0.2, 0.25) is 0 Å². The number of halogens is 3. The second kappa shape index (κ2) is 7.13. The third-order valence-corrected chi connectivity index (χ3v) is 5.03. The molecule has 0 saturated carbocycles. The Hall–Kier alpha value is -2.31. The fraction of sp³-hybridized carbons (Fsp3) is 0.474. The largest absolute Gasteiger partial charge is 0.329 e. The number of carbonyl (C=O) groups excluding carboxylic acids is 1. The van der Waals surface area contributed by atoms with Crippen LogP contribution < -0.4 is 0 Å². The minimum Gasteiger partial charge on any atom is -0.329 e. The van der Waals surface area contributed by atoms with E-state index in [1.165, 1.54) is 7.05 Å². The number of likely N-dealkylation sites (tertiary alicyclic amines) is 1. The molecule has 1 aliphatic heterocycles. The Morgan fingerprint density at radius 3 is 2.50 bits per heavy atom. The molecular weight excluding hydrogens is 343 g/mol. The molecule has 1 saturated heterocycles. The Balaban J connectivity index is 2.04. The summed E-state index contributed by atoms with van der Waals surface area (Å²) in [4.78, 5) is 14.7. The second-order valence-electron chi connectivity index (χ2n) is 6.89. The summed E-state index contributed by atoms with van der Waals surface area (Å²) >= 11 is 0. The molecule has 0 spiro atoms. The normalized spacial score (nSPS) is 20.7. The number of amides is 1. The molecule has 0 radical (unpaired) electrons. The number of aromatic nitrogens is 2. The van der Waals surface area contributed by atoms with E-state index in [2.05, 4.69) is 5.10 Å². The van der Waals surface area contributed by atoms with Gasteiger partial charge < -0.3 is 4.90 Å². The van der Waals surface area contributed by atoms with Gasteiger partial charge in [0.1, 0.15) is 11.3 Å². The quantitative estimate of drug-likeness (QED) is 0.800. The summed E-state index contributed by atoms with van der Waals surface area (Å²) in [5, 5.41) is 3.50. The van der Waals surface area contributed by atoms with Gasteiger partial charge in [0, 0.05) is 13.1 Å². The number of rotatable bonds is 3. The first-order valence-corrected chi connectivity index (χ1v) is 8.71. The molecule has 0 N–H and O–H groups in total. The van der Waals surface area contributed by atoms with E-state index in [-0.39, 0.29) is 12.1 Å². The highest BCUT2D eigenvalue weighted by Crippen LogP contribution is 2.37. The van der Waals surface area contributed by atoms with Crippen LogP contribution in [0, 0.1) is 12.9 Å². The van der Waals surface area contributed by atoms with Crippen molar-refractivity contribution in [2.45, 2.75) is 51.6 Å². The molecule has 140 valence electrons. The van der Waals surface area contributed by atoms with E-state index >= 15 is 0 Å². The lowest BCUT2D eigenvalue weighted by Gasteiger charge is -2.41. The van der Waals surface area contributed by atoms with Gasteiger partial charge in [-0.1, -0.05) is 29.8 Å². The number of hydrogen-bond donors (Lipinski definition) is 0. The predicted molar refractivity (Wildman–Crippen MR) is 91.5 cm³/mol. The van der Waals surface area contributed by atoms with Gasteiger partial charge >= 0.3 is 0 Å². The highest BCUT2D eigenvalue weighted by molar-refractivity contribution is 5.96. The number of nitrogens with zero attached hydrogens (tertiary/aromatic N) is 3. The van der Waals surface area contributed by atoms with Crippen LogP contribution in [-0.2, 0) is 7.05 Å². The minimum absolute atomic E-state index is 0.173. The van der Waals surface area contributed by atoms with Gasteiger partial charge in [0.2, 0.25) is 5.95 Å². The van der Waals surface area contributed by atoms with Gasteiger partial charge in [0.15, 0.2) is 0 Å². The van der Waals surface area contributed by atoms with E-state index in [1.54, 1.807) is 4.90 Å². The summed E-state index contributed by atoms with van der Waals surface area (Å²) in [5.41, 5.74) is 0.607. The molecule has 1 aromatic carbocycles. The fourth-order valence-corrected chi connectivity index (χ4v) is 3.65. The van der Waals surface area contributed by atoms with Crippen LogP contribution in [0.3, 0.4) is 0 Å². The number of aryl methyl sites for hydroxylation is 2. The number of hydrogen-bond acceptors (Lipinski definition) is 2. The second-order valence-corrected chi connectivity index (χ2v) is 6.89. The van der Waals surface area contributed by atoms with Gasteiger partial charge in [-0.3, -0.25) is 4.79 Å². The molecule has 7 heteroatoms. The summed E-state index contributed by atoms with van der Waals surface area (Å²) in [6.45, 7) is 3.84. The molecule has 3 rings (SSSR count). The zero-order chi connectivity index (χ0) is 19.0. The molecule has 2 heterocycles. The van der Waals surface area contributed by atoms with E-state index in [1.807, 2.05) is 38.1 Å². The standard InChI is InChI=1S/C19H22F3N3O/c1-11-7-9-13(10-8-11)14-6-4-5-12(2)25(14)19(26)15-16(17(20)21)23-24(3)18(15)22/h7-10,12,14,17H,4-6H2,1-3H3. The Morgan fingerprint density at radius 2 is 1.88 bits per heavy atom. The maximum absolute atomic E-state index is 14.4. The third kappa shape index (κ3) is 3.22. The summed E-state index contributed by atoms with van der Waals surface area (Å²) in [7, 11) is 1.22. The molecule has 2 atom stereocenters. The van der Waals surface area contributed by atoms with E-state index in [0.717, 1.165) is 24.0 Å². The van der Waals surface area contributed by atoms with Crippen molar-refractivity contribution < 1.29 is 18.0 Å². The van der Waals surface area contributed by atoms with Crippen molar-refractivity contribution in [3.8, 4) is 0 Å². The number of piperidine rings is 1. The summed E-state index contributed by atoms with van der Waals surface area (Å²) < 4.78 is 41.7. The van der Waals surface area contributed by atoms with Gasteiger partial charge in [-0.25, -0.2) is 13.5 Å². The smallest absolute Gasteiger partial charge is 0.283 e. The minimum atomic E-state index is -3.01. The van der Waals surface area contributed by atoms with E-state index in [9.17, 15) is 18.0 Å². The Morgan fingerprint density at radius 1 is 1.23 bits per heavy atom. The zero-order valence-corrected chi connectivity index (χ0v) is 15.0. The molecule has 4 nitrogen and oxygen atoms in total. The first-order chi connectivity index (χ1) is 12.3. The topological polar surface area (TPSA) is 38.1 Å². The van der Waals surface area contributed by atoms with E-state index < -0.39 is 29.5 Å². The Bertz CT molecular complexity index is 801. The average molecular weight is 365 g/mol. The van der Waals surface area contributed by atoms with Gasteiger partial charge in [-0.2, -0.15) is 9.49 Å². The molecule has 1 aromatic heterocycles. The molecule has 0 aliphatic carbocycles. The van der Waals surface area contributed by atoms with Gasteiger partial charge in [0.25, 0.3) is 12.3 Å². The fourth-order valence-electron chi connectivity index (χ4n) is 3.65. The number of carbonyl (C=O) groups is 1. The van der Waals surface area contributed by atoms with Gasteiger partial charge in [-0.15, -0.1) is 0 Å². The van der Waals surface area contributed by atoms with Crippen molar-refractivity contribution in [1.82, 2.24) is 14.7 Å². The molecular formula is C19H22F3N3O. The highest BCUT2D eigenvalue weighted by atomic mass is 19.3. The molecule has 26 heavy (non-hydrogen) atoms. The third-order valence-electron chi connectivity index (χ3n) is 5.03. The van der Waals surface area contributed by atoms with E-state index in [0.29, 0.717) is 11.1 Å². The monoisotopic (exact) mass is 365 g/mol. The lowest BCUT2D eigenvalue weighted by atomic mass is 9.90. The lowest BCUT2D eigenvalue weighted by molar-refractivity contribution is 0.0462. The molecule has 1 aliphatic rings. The maximum Gasteiger partial charge on any atom is 0.283 e. The van der Waals surface area contributed by atoms with Crippen molar-refractivity contribution in [2.24, 2.45) is 7.05 Å². The first kappa shape index (κ1) is 18.5. The summed E-state index contributed by atoms with van der Waals surface area (Å²) in [6.07, 6.45) is -0.631. The van der Waals surface area contributed by atoms with Crippen LogP contribution in [0.15, 0.2) is 24.3 Å². The van der Waals surface area contributed by atoms with Gasteiger partial charge in [0.05, 0.1) is 6.04 Å². The molecule has 1 fully saturated rings. The van der Waals surface area contributed by atoms with Crippen LogP contribution in [-0.4, -0.2) is 26.6 Å². The number of benzene rings is 1. The Labute approximate surface area is 150 Å². The molecule has 0 bridgehead atoms. The van der Waals surface area contributed by atoms with E-state index in [4.69, 9.17) is 0 Å². The summed E-state index contributed by atoms with van der Waals surface area (Å²) in [6, 6.07) is 7.33. The van der Waals surface area contributed by atoms with Crippen molar-refractivity contribution in [3.05, 3.63) is 52.6 Å². The van der Waals surface area contributed by atoms with Crippen molar-refractivity contribution in [1.29, 1.82) is 0 Å². The Kier molecular flexibility index (Phi) is 5.07. The zero-order valence-electron chi connectivity index (χ0n) is 15.0. The summed E-state index contributed by atoms with van der Waals surface area (Å²) in [5.74, 6) is -1.74. The van der Waals surface area contributed by atoms with Gasteiger partial charge in [-0.05, 0) is 38.7 Å².